The largest absolute Gasteiger partial charge is 0.487 e. The normalized spacial score (nSPS) is 13.0. The lowest BCUT2D eigenvalue weighted by Crippen LogP contribution is -2.23. The molecule has 0 bridgehead atoms. The van der Waals surface area contributed by atoms with Gasteiger partial charge in [-0.05, 0) is 25.1 Å². The van der Waals surface area contributed by atoms with Crippen LogP contribution >= 0.6 is 0 Å². The van der Waals surface area contributed by atoms with Crippen LogP contribution in [0.5, 0.6) is 5.75 Å². The molecular weight excluding hydrogens is 279 g/mol. The quantitative estimate of drug-likeness (QED) is 0.904. The van der Waals surface area contributed by atoms with Gasteiger partial charge in [0.05, 0.1) is 0 Å². The number of hydrogen-bond donors (Lipinski definition) is 1. The summed E-state index contributed by atoms with van der Waals surface area (Å²) >= 11 is 0. The molecule has 0 heterocycles. The average molecular weight is 295 g/mol. The molecule has 0 spiro atoms. The van der Waals surface area contributed by atoms with Crippen molar-refractivity contribution in [1.82, 2.24) is 0 Å². The number of benzene rings is 2. The van der Waals surface area contributed by atoms with E-state index in [1.807, 2.05) is 0 Å². The van der Waals surface area contributed by atoms with E-state index in [1.165, 1.54) is 36.4 Å². The zero-order chi connectivity index (χ0) is 15.5. The number of alkyl halides is 2. The molecular formula is C16H16F3NO. The highest BCUT2D eigenvalue weighted by atomic mass is 19.3. The second kappa shape index (κ2) is 6.18. The van der Waals surface area contributed by atoms with E-state index in [-0.39, 0.29) is 11.3 Å². The van der Waals surface area contributed by atoms with Crippen molar-refractivity contribution >= 4 is 0 Å². The highest BCUT2D eigenvalue weighted by Gasteiger charge is 2.32. The Morgan fingerprint density at radius 3 is 2.43 bits per heavy atom. The molecule has 0 radical (unpaired) electrons. The summed E-state index contributed by atoms with van der Waals surface area (Å²) in [6, 6.07) is 10.6. The van der Waals surface area contributed by atoms with Crippen LogP contribution in [0.3, 0.4) is 0 Å². The summed E-state index contributed by atoms with van der Waals surface area (Å²) in [5, 5.41) is 0. The lowest BCUT2D eigenvalue weighted by atomic mass is 10.1. The van der Waals surface area contributed by atoms with Crippen LogP contribution in [0.15, 0.2) is 48.5 Å². The second-order valence-electron chi connectivity index (χ2n) is 4.83. The van der Waals surface area contributed by atoms with Crippen molar-refractivity contribution in [2.45, 2.75) is 18.9 Å². The molecule has 2 rings (SSSR count). The smallest absolute Gasteiger partial charge is 0.306 e. The van der Waals surface area contributed by atoms with Crippen molar-refractivity contribution in [3.05, 3.63) is 65.5 Å². The van der Waals surface area contributed by atoms with E-state index in [0.717, 1.165) is 6.07 Å². The molecule has 2 nitrogen and oxygen atoms in total. The minimum Gasteiger partial charge on any atom is -0.487 e. The van der Waals surface area contributed by atoms with E-state index in [0.29, 0.717) is 5.56 Å². The van der Waals surface area contributed by atoms with Crippen LogP contribution in [-0.4, -0.2) is 6.61 Å². The Balaban J connectivity index is 2.16. The van der Waals surface area contributed by atoms with E-state index in [1.54, 1.807) is 13.0 Å². The van der Waals surface area contributed by atoms with Gasteiger partial charge in [-0.3, -0.25) is 0 Å². The number of halogens is 3. The van der Waals surface area contributed by atoms with Gasteiger partial charge in [-0.2, -0.15) is 8.78 Å². The molecule has 0 aliphatic heterocycles. The van der Waals surface area contributed by atoms with Crippen molar-refractivity contribution in [3.8, 4) is 5.75 Å². The monoisotopic (exact) mass is 295 g/mol. The number of nitrogens with two attached hydrogens (primary N) is 1. The Morgan fingerprint density at radius 1 is 1.14 bits per heavy atom. The molecule has 21 heavy (non-hydrogen) atoms. The molecule has 2 aromatic rings. The van der Waals surface area contributed by atoms with E-state index in [2.05, 4.69) is 0 Å². The third kappa shape index (κ3) is 3.76. The molecule has 0 aliphatic rings. The van der Waals surface area contributed by atoms with Crippen LogP contribution in [0.2, 0.25) is 0 Å². The highest BCUT2D eigenvalue weighted by molar-refractivity contribution is 5.36. The standard InChI is InChI=1S/C16H16F3NO/c1-11(20)14-9-13(17)7-8-15(14)21-10-16(18,19)12-5-3-2-4-6-12/h2-9,11H,10,20H2,1H3/t11-/m0/s1. The molecule has 0 unspecified atom stereocenters. The summed E-state index contributed by atoms with van der Waals surface area (Å²) in [5.74, 6) is -3.45. The fourth-order valence-corrected chi connectivity index (χ4v) is 1.94. The third-order valence-electron chi connectivity index (χ3n) is 3.07. The zero-order valence-electron chi connectivity index (χ0n) is 11.5. The Hall–Kier alpha value is -2.01. The summed E-state index contributed by atoms with van der Waals surface area (Å²) in [7, 11) is 0. The molecule has 112 valence electrons. The van der Waals surface area contributed by atoms with E-state index < -0.39 is 24.4 Å². The van der Waals surface area contributed by atoms with Gasteiger partial charge >= 0.3 is 5.92 Å². The minimum absolute atomic E-state index is 0.130. The first kappa shape index (κ1) is 15.4. The molecule has 1 atom stereocenters. The van der Waals surface area contributed by atoms with E-state index in [4.69, 9.17) is 10.5 Å². The molecule has 2 aromatic carbocycles. The molecule has 2 N–H and O–H groups in total. The molecule has 0 saturated heterocycles. The topological polar surface area (TPSA) is 35.2 Å². The second-order valence-corrected chi connectivity index (χ2v) is 4.83. The lowest BCUT2D eigenvalue weighted by molar-refractivity contribution is -0.0470. The van der Waals surface area contributed by atoms with Crippen LogP contribution in [0.25, 0.3) is 0 Å². The van der Waals surface area contributed by atoms with Crippen LogP contribution in [0, 0.1) is 5.82 Å². The SMILES string of the molecule is C[C@H](N)c1cc(F)ccc1OCC(F)(F)c1ccccc1. The first-order chi connectivity index (χ1) is 9.90. The van der Waals surface area contributed by atoms with E-state index in [9.17, 15) is 13.2 Å². The first-order valence-corrected chi connectivity index (χ1v) is 6.51. The average Bonchev–Trinajstić information content (AvgIpc) is 2.47. The molecule has 0 aromatic heterocycles. The lowest BCUT2D eigenvalue weighted by Gasteiger charge is -2.20. The van der Waals surface area contributed by atoms with Crippen LogP contribution in [-0.2, 0) is 5.92 Å². The predicted octanol–water partition coefficient (Wildman–Crippen LogP) is 4.02. The maximum absolute atomic E-state index is 14.0. The number of hydrogen-bond acceptors (Lipinski definition) is 2. The minimum atomic E-state index is -3.13. The summed E-state index contributed by atoms with van der Waals surface area (Å²) in [4.78, 5) is 0. The Kier molecular flexibility index (Phi) is 4.53. The zero-order valence-corrected chi connectivity index (χ0v) is 11.5. The number of rotatable bonds is 5. The van der Waals surface area contributed by atoms with Gasteiger partial charge in [0, 0.05) is 17.2 Å². The van der Waals surface area contributed by atoms with Crippen molar-refractivity contribution in [3.63, 3.8) is 0 Å². The first-order valence-electron chi connectivity index (χ1n) is 6.51. The van der Waals surface area contributed by atoms with Crippen LogP contribution in [0.4, 0.5) is 13.2 Å². The fraction of sp³-hybridized carbons (Fsp3) is 0.250. The predicted molar refractivity (Wildman–Crippen MR) is 74.8 cm³/mol. The Bertz CT molecular complexity index is 600. The van der Waals surface area contributed by atoms with Crippen molar-refractivity contribution in [2.75, 3.05) is 6.61 Å². The van der Waals surface area contributed by atoms with Crippen molar-refractivity contribution < 1.29 is 17.9 Å². The van der Waals surface area contributed by atoms with Gasteiger partial charge in [0.1, 0.15) is 11.6 Å². The van der Waals surface area contributed by atoms with Crippen molar-refractivity contribution in [2.24, 2.45) is 5.73 Å². The summed E-state index contributed by atoms with van der Waals surface area (Å²) < 4.78 is 46.4. The Labute approximate surface area is 121 Å². The molecule has 0 fully saturated rings. The van der Waals surface area contributed by atoms with Gasteiger partial charge in [0.25, 0.3) is 0 Å². The van der Waals surface area contributed by atoms with Crippen LogP contribution in [0.1, 0.15) is 24.1 Å². The van der Waals surface area contributed by atoms with Gasteiger partial charge in [0.2, 0.25) is 0 Å². The summed E-state index contributed by atoms with van der Waals surface area (Å²) in [5.41, 5.74) is 5.93. The maximum Gasteiger partial charge on any atom is 0.306 e. The van der Waals surface area contributed by atoms with Crippen LogP contribution < -0.4 is 10.5 Å². The van der Waals surface area contributed by atoms with Gasteiger partial charge in [-0.1, -0.05) is 30.3 Å². The van der Waals surface area contributed by atoms with Crippen molar-refractivity contribution in [1.29, 1.82) is 0 Å². The molecule has 0 saturated carbocycles. The number of ether oxygens (including phenoxy) is 1. The maximum atomic E-state index is 14.0. The third-order valence-corrected chi connectivity index (χ3v) is 3.07. The summed E-state index contributed by atoms with van der Waals surface area (Å²) in [6.45, 7) is 0.805. The molecule has 5 heteroatoms. The molecule has 0 amide bonds. The highest BCUT2D eigenvalue weighted by Crippen LogP contribution is 2.31. The van der Waals surface area contributed by atoms with Gasteiger partial charge in [0.15, 0.2) is 6.61 Å². The summed E-state index contributed by atoms with van der Waals surface area (Å²) in [6.07, 6.45) is 0. The molecule has 0 aliphatic carbocycles. The fourth-order valence-electron chi connectivity index (χ4n) is 1.94. The van der Waals surface area contributed by atoms with E-state index >= 15 is 0 Å². The Morgan fingerprint density at radius 2 is 1.81 bits per heavy atom. The van der Waals surface area contributed by atoms with Gasteiger partial charge < -0.3 is 10.5 Å². The van der Waals surface area contributed by atoms with Gasteiger partial charge in [-0.25, -0.2) is 4.39 Å². The van der Waals surface area contributed by atoms with Gasteiger partial charge in [-0.15, -0.1) is 0 Å².